The Hall–Kier alpha value is -1.79. The van der Waals surface area contributed by atoms with Crippen LogP contribution in [0.25, 0.3) is 11.1 Å². The number of hydrogen-bond acceptors (Lipinski definition) is 2. The second-order valence-corrected chi connectivity index (χ2v) is 3.57. The van der Waals surface area contributed by atoms with Gasteiger partial charge in [0.1, 0.15) is 18.2 Å². The fraction of sp³-hybridized carbons (Fsp3) is 0.133. The van der Waals surface area contributed by atoms with Crippen molar-refractivity contribution in [2.24, 2.45) is 0 Å². The number of aliphatic carboxylic acids is 1. The number of aliphatic hydroxyl groups excluding tert-OH is 1. The van der Waals surface area contributed by atoms with Crippen molar-refractivity contribution in [1.82, 2.24) is 0 Å². The van der Waals surface area contributed by atoms with Crippen LogP contribution < -0.4 is 0 Å². The van der Waals surface area contributed by atoms with Crippen molar-refractivity contribution in [3.63, 3.8) is 0 Å². The highest BCUT2D eigenvalue weighted by molar-refractivity contribution is 9.08. The minimum Gasteiger partial charge on any atom is -0.480 e. The molecule has 0 bridgehead atoms. The van der Waals surface area contributed by atoms with Crippen LogP contribution in [0.1, 0.15) is 0 Å². The van der Waals surface area contributed by atoms with Gasteiger partial charge in [-0.2, -0.15) is 0 Å². The quantitative estimate of drug-likeness (QED) is 0.802. The van der Waals surface area contributed by atoms with Crippen LogP contribution in [0.15, 0.2) is 48.5 Å². The first kappa shape index (κ1) is 19.2. The number of aliphatic hydroxyl groups is 1. The van der Waals surface area contributed by atoms with Gasteiger partial charge in [-0.05, 0) is 41.2 Å². The fourth-order valence-corrected chi connectivity index (χ4v) is 1.28. The van der Waals surface area contributed by atoms with Gasteiger partial charge in [0, 0.05) is 0 Å². The Labute approximate surface area is 130 Å². The van der Waals surface area contributed by atoms with E-state index >= 15 is 0 Å². The van der Waals surface area contributed by atoms with Crippen LogP contribution in [-0.2, 0) is 4.79 Å². The van der Waals surface area contributed by atoms with E-state index in [1.807, 2.05) is 5.83 Å². The molecule has 0 radical (unpaired) electrons. The average molecular weight is 361 g/mol. The summed E-state index contributed by atoms with van der Waals surface area (Å²) in [6, 6.07) is 12.2. The number of rotatable bonds is 2. The van der Waals surface area contributed by atoms with Gasteiger partial charge < -0.3 is 10.2 Å². The molecular weight excluding hydrogens is 346 g/mol. The second kappa shape index (κ2) is 10.9. The van der Waals surface area contributed by atoms with E-state index in [0.717, 1.165) is 11.1 Å². The van der Waals surface area contributed by atoms with Crippen molar-refractivity contribution < 1.29 is 23.8 Å². The predicted molar refractivity (Wildman–Crippen MR) is 81.4 cm³/mol. The monoisotopic (exact) mass is 360 g/mol. The molecule has 0 fully saturated rings. The standard InChI is InChI=1S/C12H8F2.C2H4O3.CH3Br/c13-11-5-1-9(2-6-11)10-3-7-12(14)8-4-10;3-1-2(4)5;1-2/h1-8H;3H,1H2,(H,4,5);1H3. The number of hydrogen-bond donors (Lipinski definition) is 2. The van der Waals surface area contributed by atoms with Gasteiger partial charge in [-0.3, -0.25) is 0 Å². The van der Waals surface area contributed by atoms with E-state index in [2.05, 4.69) is 15.9 Å². The Morgan fingerprint density at radius 1 is 0.905 bits per heavy atom. The Balaban J connectivity index is 0.000000489. The van der Waals surface area contributed by atoms with Crippen molar-refractivity contribution in [3.8, 4) is 11.1 Å². The van der Waals surface area contributed by atoms with Gasteiger partial charge in [-0.15, -0.1) is 0 Å². The van der Waals surface area contributed by atoms with Crippen LogP contribution >= 0.6 is 15.9 Å². The molecule has 0 aliphatic carbocycles. The Morgan fingerprint density at radius 2 is 1.14 bits per heavy atom. The van der Waals surface area contributed by atoms with Crippen LogP contribution in [0.2, 0.25) is 0 Å². The normalized spacial score (nSPS) is 8.81. The zero-order valence-electron chi connectivity index (χ0n) is 11.3. The number of halogens is 3. The third kappa shape index (κ3) is 8.16. The molecule has 0 amide bonds. The van der Waals surface area contributed by atoms with E-state index in [-0.39, 0.29) is 11.6 Å². The molecule has 2 N–H and O–H groups in total. The Kier molecular flexibility index (Phi) is 10.0. The van der Waals surface area contributed by atoms with E-state index in [1.54, 1.807) is 24.3 Å². The molecule has 2 aromatic carbocycles. The molecule has 0 saturated carbocycles. The fourth-order valence-electron chi connectivity index (χ4n) is 1.28. The van der Waals surface area contributed by atoms with E-state index in [9.17, 15) is 8.78 Å². The maximum absolute atomic E-state index is 12.6. The summed E-state index contributed by atoms with van der Waals surface area (Å²) >= 11 is 2.94. The Morgan fingerprint density at radius 3 is 1.33 bits per heavy atom. The average Bonchev–Trinajstić information content (AvgIpc) is 2.51. The summed E-state index contributed by atoms with van der Waals surface area (Å²) in [4.78, 5) is 9.12. The third-order valence-corrected chi connectivity index (χ3v) is 2.16. The van der Waals surface area contributed by atoms with Crippen LogP contribution in [0.4, 0.5) is 8.78 Å². The number of carboxylic acids is 1. The lowest BCUT2D eigenvalue weighted by atomic mass is 10.1. The number of alkyl halides is 1. The highest BCUT2D eigenvalue weighted by Gasteiger charge is 1.97. The summed E-state index contributed by atoms with van der Waals surface area (Å²) in [6.07, 6.45) is 0. The molecule has 0 aliphatic rings. The summed E-state index contributed by atoms with van der Waals surface area (Å²) in [5.74, 6) is 0.0872. The summed E-state index contributed by atoms with van der Waals surface area (Å²) in [5, 5.41) is 15.0. The van der Waals surface area contributed by atoms with Gasteiger partial charge in [0.2, 0.25) is 0 Å². The first-order valence-corrected chi connectivity index (χ1v) is 7.33. The highest BCUT2D eigenvalue weighted by atomic mass is 79.9. The highest BCUT2D eigenvalue weighted by Crippen LogP contribution is 2.19. The van der Waals surface area contributed by atoms with Gasteiger partial charge in [0.05, 0.1) is 0 Å². The van der Waals surface area contributed by atoms with E-state index in [0.29, 0.717) is 0 Å². The first-order chi connectivity index (χ1) is 10.0. The summed E-state index contributed by atoms with van der Waals surface area (Å²) in [7, 11) is 0. The van der Waals surface area contributed by atoms with Crippen LogP contribution in [0.5, 0.6) is 0 Å². The van der Waals surface area contributed by atoms with Crippen LogP contribution in [0.3, 0.4) is 0 Å². The van der Waals surface area contributed by atoms with Gasteiger partial charge >= 0.3 is 5.97 Å². The maximum atomic E-state index is 12.6. The molecular formula is C15H15BrF2O3. The van der Waals surface area contributed by atoms with Crippen molar-refractivity contribution in [1.29, 1.82) is 0 Å². The third-order valence-electron chi connectivity index (χ3n) is 2.16. The minimum absolute atomic E-state index is 0.268. The van der Waals surface area contributed by atoms with Crippen molar-refractivity contribution in [3.05, 3.63) is 60.2 Å². The minimum atomic E-state index is -1.19. The van der Waals surface area contributed by atoms with E-state index in [4.69, 9.17) is 15.0 Å². The van der Waals surface area contributed by atoms with Crippen LogP contribution in [-0.4, -0.2) is 28.6 Å². The zero-order chi connectivity index (χ0) is 16.3. The SMILES string of the molecule is CBr.Fc1ccc(-c2ccc(F)cc2)cc1.O=C(O)CO. The molecule has 0 aliphatic heterocycles. The molecule has 6 heteroatoms. The van der Waals surface area contributed by atoms with E-state index in [1.165, 1.54) is 24.3 Å². The molecule has 21 heavy (non-hydrogen) atoms. The maximum Gasteiger partial charge on any atom is 0.329 e. The van der Waals surface area contributed by atoms with Gasteiger partial charge in [-0.1, -0.05) is 40.2 Å². The van der Waals surface area contributed by atoms with Gasteiger partial charge in [0.25, 0.3) is 0 Å². The molecule has 2 rings (SSSR count). The number of benzene rings is 2. The second-order valence-electron chi connectivity index (χ2n) is 3.57. The summed E-state index contributed by atoms with van der Waals surface area (Å²) in [6.45, 7) is -0.778. The molecule has 2 aromatic rings. The molecule has 0 saturated heterocycles. The largest absolute Gasteiger partial charge is 0.480 e. The van der Waals surface area contributed by atoms with Gasteiger partial charge in [-0.25, -0.2) is 13.6 Å². The Bertz CT molecular complexity index is 484. The van der Waals surface area contributed by atoms with Crippen molar-refractivity contribution in [2.75, 3.05) is 12.4 Å². The smallest absolute Gasteiger partial charge is 0.329 e. The van der Waals surface area contributed by atoms with E-state index < -0.39 is 12.6 Å². The predicted octanol–water partition coefficient (Wildman–Crippen LogP) is 3.71. The molecule has 0 aromatic heterocycles. The molecule has 0 atom stereocenters. The van der Waals surface area contributed by atoms with Gasteiger partial charge in [0.15, 0.2) is 0 Å². The van der Waals surface area contributed by atoms with Crippen molar-refractivity contribution >= 4 is 21.9 Å². The zero-order valence-corrected chi connectivity index (χ0v) is 12.8. The van der Waals surface area contributed by atoms with Crippen molar-refractivity contribution in [2.45, 2.75) is 0 Å². The lowest BCUT2D eigenvalue weighted by Crippen LogP contribution is -1.98. The lowest BCUT2D eigenvalue weighted by molar-refractivity contribution is -0.140. The first-order valence-electron chi connectivity index (χ1n) is 5.75. The summed E-state index contributed by atoms with van der Waals surface area (Å²) in [5.41, 5.74) is 1.76. The summed E-state index contributed by atoms with van der Waals surface area (Å²) < 4.78 is 25.2. The lowest BCUT2D eigenvalue weighted by Gasteiger charge is -2.00. The molecule has 0 unspecified atom stereocenters. The number of carbonyl (C=O) groups is 1. The number of carboxylic acid groups (broad SMARTS) is 1. The molecule has 0 heterocycles. The molecule has 0 spiro atoms. The van der Waals surface area contributed by atoms with Crippen LogP contribution in [0, 0.1) is 11.6 Å². The topological polar surface area (TPSA) is 57.5 Å². The molecule has 114 valence electrons. The molecule has 3 nitrogen and oxygen atoms in total.